The highest BCUT2D eigenvalue weighted by atomic mass is 16.6. The summed E-state index contributed by atoms with van der Waals surface area (Å²) in [4.78, 5) is 26.5. The molecular weight excluding hydrogens is 332 g/mol. The molecule has 0 unspecified atom stereocenters. The number of fused-ring (bicyclic) bond motifs is 1. The highest BCUT2D eigenvalue weighted by Crippen LogP contribution is 2.35. The van der Waals surface area contributed by atoms with E-state index in [0.717, 1.165) is 11.3 Å². The molecule has 1 N–H and O–H groups in total. The summed E-state index contributed by atoms with van der Waals surface area (Å²) in [6.07, 6.45) is 0.217. The Labute approximate surface area is 151 Å². The van der Waals surface area contributed by atoms with Crippen molar-refractivity contribution in [2.24, 2.45) is 5.92 Å². The molecule has 6 heteroatoms. The predicted molar refractivity (Wildman–Crippen MR) is 96.2 cm³/mol. The SMILES string of the molecule is O=C(NCc1ccccc1)[C@H]1CC(=O)N(c2ccc3c(c2)OCCO3)C1. The van der Waals surface area contributed by atoms with Gasteiger partial charge in [0.1, 0.15) is 13.2 Å². The number of carbonyl (C=O) groups is 2. The van der Waals surface area contributed by atoms with Gasteiger partial charge in [-0.25, -0.2) is 0 Å². The molecule has 2 aromatic carbocycles. The molecule has 0 spiro atoms. The molecule has 134 valence electrons. The van der Waals surface area contributed by atoms with Crippen LogP contribution < -0.4 is 19.7 Å². The van der Waals surface area contributed by atoms with Crippen molar-refractivity contribution in [1.82, 2.24) is 5.32 Å². The topological polar surface area (TPSA) is 67.9 Å². The maximum absolute atomic E-state index is 12.4. The van der Waals surface area contributed by atoms with Crippen molar-refractivity contribution in [3.8, 4) is 11.5 Å². The number of rotatable bonds is 4. The van der Waals surface area contributed by atoms with Crippen LogP contribution in [0, 0.1) is 5.92 Å². The number of nitrogens with one attached hydrogen (secondary N) is 1. The van der Waals surface area contributed by atoms with Gasteiger partial charge in [0.2, 0.25) is 11.8 Å². The highest BCUT2D eigenvalue weighted by molar-refractivity contribution is 6.00. The average molecular weight is 352 g/mol. The van der Waals surface area contributed by atoms with Gasteiger partial charge in [0.05, 0.1) is 5.92 Å². The fraction of sp³-hybridized carbons (Fsp3) is 0.300. The van der Waals surface area contributed by atoms with E-state index in [1.807, 2.05) is 36.4 Å². The molecule has 1 atom stereocenters. The molecule has 2 aliphatic heterocycles. The summed E-state index contributed by atoms with van der Waals surface area (Å²) < 4.78 is 11.1. The minimum Gasteiger partial charge on any atom is -0.486 e. The van der Waals surface area contributed by atoms with Gasteiger partial charge in [-0.2, -0.15) is 0 Å². The van der Waals surface area contributed by atoms with Gasteiger partial charge >= 0.3 is 0 Å². The van der Waals surface area contributed by atoms with E-state index in [4.69, 9.17) is 9.47 Å². The number of carbonyl (C=O) groups excluding carboxylic acids is 2. The van der Waals surface area contributed by atoms with Crippen molar-refractivity contribution in [2.75, 3.05) is 24.7 Å². The van der Waals surface area contributed by atoms with Gasteiger partial charge in [0, 0.05) is 31.3 Å². The number of hydrogen-bond acceptors (Lipinski definition) is 4. The first-order valence-electron chi connectivity index (χ1n) is 8.72. The Morgan fingerprint density at radius 2 is 1.85 bits per heavy atom. The van der Waals surface area contributed by atoms with Crippen molar-refractivity contribution in [2.45, 2.75) is 13.0 Å². The average Bonchev–Trinajstić information content (AvgIpc) is 3.08. The second-order valence-electron chi connectivity index (χ2n) is 6.44. The molecule has 4 rings (SSSR count). The van der Waals surface area contributed by atoms with Crippen LogP contribution in [0.4, 0.5) is 5.69 Å². The minimum atomic E-state index is -0.348. The Bertz CT molecular complexity index is 822. The van der Waals surface area contributed by atoms with Gasteiger partial charge in [0.25, 0.3) is 0 Å². The van der Waals surface area contributed by atoms with E-state index in [2.05, 4.69) is 5.32 Å². The Kier molecular flexibility index (Phi) is 4.48. The van der Waals surface area contributed by atoms with E-state index >= 15 is 0 Å². The third-order valence-electron chi connectivity index (χ3n) is 4.64. The van der Waals surface area contributed by atoms with Crippen LogP contribution in [0.3, 0.4) is 0 Å². The second-order valence-corrected chi connectivity index (χ2v) is 6.44. The molecule has 2 aliphatic rings. The molecule has 26 heavy (non-hydrogen) atoms. The van der Waals surface area contributed by atoms with Crippen LogP contribution in [0.1, 0.15) is 12.0 Å². The fourth-order valence-electron chi connectivity index (χ4n) is 3.26. The normalized spacial score (nSPS) is 18.7. The standard InChI is InChI=1S/C20H20N2O4/c23-19-10-15(20(24)21-12-14-4-2-1-3-5-14)13-22(19)16-6-7-17-18(11-16)26-9-8-25-17/h1-7,11,15H,8-10,12-13H2,(H,21,24)/t15-/m0/s1. The molecule has 1 fully saturated rings. The largest absolute Gasteiger partial charge is 0.486 e. The number of benzene rings is 2. The third-order valence-corrected chi connectivity index (χ3v) is 4.64. The van der Waals surface area contributed by atoms with Crippen LogP contribution >= 0.6 is 0 Å². The van der Waals surface area contributed by atoms with Crippen molar-refractivity contribution in [3.05, 3.63) is 54.1 Å². The van der Waals surface area contributed by atoms with Gasteiger partial charge in [-0.3, -0.25) is 9.59 Å². The van der Waals surface area contributed by atoms with E-state index in [-0.39, 0.29) is 24.2 Å². The fourth-order valence-corrected chi connectivity index (χ4v) is 3.26. The molecule has 0 saturated carbocycles. The van der Waals surface area contributed by atoms with Crippen LogP contribution in [-0.4, -0.2) is 31.6 Å². The van der Waals surface area contributed by atoms with Gasteiger partial charge < -0.3 is 19.7 Å². The molecule has 2 aromatic rings. The zero-order valence-electron chi connectivity index (χ0n) is 14.3. The summed E-state index contributed by atoms with van der Waals surface area (Å²) in [5.41, 5.74) is 1.77. The Hall–Kier alpha value is -3.02. The van der Waals surface area contributed by atoms with Gasteiger partial charge in [0.15, 0.2) is 11.5 Å². The number of nitrogens with zero attached hydrogens (tertiary/aromatic N) is 1. The lowest BCUT2D eigenvalue weighted by molar-refractivity contribution is -0.126. The molecule has 1 saturated heterocycles. The van der Waals surface area contributed by atoms with E-state index in [1.54, 1.807) is 17.0 Å². The maximum Gasteiger partial charge on any atom is 0.227 e. The van der Waals surface area contributed by atoms with Crippen LogP contribution in [-0.2, 0) is 16.1 Å². The van der Waals surface area contributed by atoms with Crippen LogP contribution in [0.15, 0.2) is 48.5 Å². The third kappa shape index (κ3) is 3.35. The lowest BCUT2D eigenvalue weighted by Crippen LogP contribution is -2.32. The van der Waals surface area contributed by atoms with Crippen molar-refractivity contribution in [3.63, 3.8) is 0 Å². The first kappa shape index (κ1) is 16.4. The first-order chi connectivity index (χ1) is 12.7. The molecule has 0 aromatic heterocycles. The van der Waals surface area contributed by atoms with Crippen LogP contribution in [0.25, 0.3) is 0 Å². The summed E-state index contributed by atoms with van der Waals surface area (Å²) in [5, 5.41) is 2.92. The summed E-state index contributed by atoms with van der Waals surface area (Å²) in [6, 6.07) is 15.2. The molecular formula is C20H20N2O4. The van der Waals surface area contributed by atoms with Crippen LogP contribution in [0.5, 0.6) is 11.5 Å². The molecule has 2 amide bonds. The summed E-state index contributed by atoms with van der Waals surface area (Å²) in [5.74, 6) is 0.825. The van der Waals surface area contributed by atoms with E-state index in [9.17, 15) is 9.59 Å². The van der Waals surface area contributed by atoms with E-state index in [0.29, 0.717) is 37.8 Å². The van der Waals surface area contributed by atoms with Crippen molar-refractivity contribution in [1.29, 1.82) is 0 Å². The Morgan fingerprint density at radius 1 is 1.08 bits per heavy atom. The second kappa shape index (κ2) is 7.07. The molecule has 0 bridgehead atoms. The summed E-state index contributed by atoms with van der Waals surface area (Å²) in [7, 11) is 0. The first-order valence-corrected chi connectivity index (χ1v) is 8.72. The molecule has 0 radical (unpaired) electrons. The Balaban J connectivity index is 1.41. The van der Waals surface area contributed by atoms with E-state index in [1.165, 1.54) is 0 Å². The van der Waals surface area contributed by atoms with Gasteiger partial charge in [-0.1, -0.05) is 30.3 Å². The quantitative estimate of drug-likeness (QED) is 0.915. The number of ether oxygens (including phenoxy) is 2. The smallest absolute Gasteiger partial charge is 0.227 e. The maximum atomic E-state index is 12.4. The van der Waals surface area contributed by atoms with Crippen molar-refractivity contribution < 1.29 is 19.1 Å². The number of amides is 2. The summed E-state index contributed by atoms with van der Waals surface area (Å²) >= 11 is 0. The van der Waals surface area contributed by atoms with Crippen molar-refractivity contribution >= 4 is 17.5 Å². The zero-order chi connectivity index (χ0) is 17.9. The minimum absolute atomic E-state index is 0.0541. The highest BCUT2D eigenvalue weighted by Gasteiger charge is 2.35. The number of hydrogen-bond donors (Lipinski definition) is 1. The number of anilines is 1. The molecule has 2 heterocycles. The van der Waals surface area contributed by atoms with Gasteiger partial charge in [-0.05, 0) is 17.7 Å². The lowest BCUT2D eigenvalue weighted by Gasteiger charge is -2.22. The predicted octanol–water partition coefficient (Wildman–Crippen LogP) is 2.13. The Morgan fingerprint density at radius 3 is 2.65 bits per heavy atom. The van der Waals surface area contributed by atoms with E-state index < -0.39 is 0 Å². The monoisotopic (exact) mass is 352 g/mol. The lowest BCUT2D eigenvalue weighted by atomic mass is 10.1. The summed E-state index contributed by atoms with van der Waals surface area (Å²) in [6.45, 7) is 1.86. The molecule has 0 aliphatic carbocycles. The molecule has 6 nitrogen and oxygen atoms in total. The van der Waals surface area contributed by atoms with Crippen LogP contribution in [0.2, 0.25) is 0 Å². The zero-order valence-corrected chi connectivity index (χ0v) is 14.3. The van der Waals surface area contributed by atoms with Gasteiger partial charge in [-0.15, -0.1) is 0 Å².